The van der Waals surface area contributed by atoms with Crippen molar-refractivity contribution >= 4 is 16.8 Å². The average Bonchev–Trinajstić information content (AvgIpc) is 2.83. The van der Waals surface area contributed by atoms with Crippen molar-refractivity contribution in [1.82, 2.24) is 10.3 Å². The van der Waals surface area contributed by atoms with Gasteiger partial charge in [0.1, 0.15) is 0 Å². The lowest BCUT2D eigenvalue weighted by atomic mass is 10.1. The maximum Gasteiger partial charge on any atom is 0.252 e. The summed E-state index contributed by atoms with van der Waals surface area (Å²) in [6.07, 6.45) is 2.86. The number of rotatable bonds is 2. The molecular weight excluding hydrogens is 254 g/mol. The van der Waals surface area contributed by atoms with Crippen LogP contribution in [0.25, 0.3) is 10.9 Å². The molecule has 2 atom stereocenters. The number of hydrogen-bond acceptors (Lipinski definition) is 3. The second-order valence-corrected chi connectivity index (χ2v) is 5.27. The van der Waals surface area contributed by atoms with Gasteiger partial charge < -0.3 is 16.0 Å². The summed E-state index contributed by atoms with van der Waals surface area (Å²) in [6.45, 7) is 0. The summed E-state index contributed by atoms with van der Waals surface area (Å²) in [5.74, 6) is -0.227. The van der Waals surface area contributed by atoms with E-state index >= 15 is 0 Å². The Morgan fingerprint density at radius 2 is 2.10 bits per heavy atom. The largest absolute Gasteiger partial charge is 0.348 e. The number of benzene rings is 1. The summed E-state index contributed by atoms with van der Waals surface area (Å²) >= 11 is 0. The normalized spacial score (nSPS) is 22.1. The highest BCUT2D eigenvalue weighted by Crippen LogP contribution is 2.19. The van der Waals surface area contributed by atoms with Gasteiger partial charge >= 0.3 is 0 Å². The van der Waals surface area contributed by atoms with Gasteiger partial charge in [0.2, 0.25) is 5.56 Å². The summed E-state index contributed by atoms with van der Waals surface area (Å²) in [7, 11) is 0. The van der Waals surface area contributed by atoms with Crippen LogP contribution >= 0.6 is 0 Å². The summed E-state index contributed by atoms with van der Waals surface area (Å²) in [4.78, 5) is 26.8. The lowest BCUT2D eigenvalue weighted by molar-refractivity contribution is 0.0936. The van der Waals surface area contributed by atoms with Crippen LogP contribution in [0.3, 0.4) is 0 Å². The van der Waals surface area contributed by atoms with Crippen molar-refractivity contribution in [3.8, 4) is 0 Å². The van der Waals surface area contributed by atoms with Gasteiger partial charge in [-0.1, -0.05) is 18.2 Å². The van der Waals surface area contributed by atoms with Gasteiger partial charge in [0.05, 0.1) is 5.56 Å². The molecule has 1 aliphatic rings. The molecule has 1 fully saturated rings. The lowest BCUT2D eigenvalue weighted by Crippen LogP contribution is -2.44. The van der Waals surface area contributed by atoms with E-state index in [0.29, 0.717) is 11.1 Å². The van der Waals surface area contributed by atoms with E-state index in [2.05, 4.69) is 10.3 Å². The van der Waals surface area contributed by atoms with Crippen molar-refractivity contribution < 1.29 is 4.79 Å². The van der Waals surface area contributed by atoms with Crippen molar-refractivity contribution in [3.05, 3.63) is 46.2 Å². The first-order valence-electron chi connectivity index (χ1n) is 6.83. The van der Waals surface area contributed by atoms with Crippen LogP contribution in [0.5, 0.6) is 0 Å². The maximum absolute atomic E-state index is 12.4. The van der Waals surface area contributed by atoms with Gasteiger partial charge in [0.25, 0.3) is 5.91 Å². The first kappa shape index (κ1) is 12.9. The second kappa shape index (κ2) is 5.09. The van der Waals surface area contributed by atoms with E-state index in [4.69, 9.17) is 5.73 Å². The smallest absolute Gasteiger partial charge is 0.252 e. The molecule has 0 bridgehead atoms. The number of H-pyrrole nitrogens is 1. The lowest BCUT2D eigenvalue weighted by Gasteiger charge is -2.17. The molecule has 1 saturated carbocycles. The predicted molar refractivity (Wildman–Crippen MR) is 77.6 cm³/mol. The third-order valence-corrected chi connectivity index (χ3v) is 3.88. The van der Waals surface area contributed by atoms with Crippen LogP contribution in [-0.4, -0.2) is 23.0 Å². The summed E-state index contributed by atoms with van der Waals surface area (Å²) in [6, 6.07) is 8.64. The predicted octanol–water partition coefficient (Wildman–Crippen LogP) is 1.14. The van der Waals surface area contributed by atoms with Crippen LogP contribution in [0.15, 0.2) is 35.1 Å². The number of pyridine rings is 1. The zero-order chi connectivity index (χ0) is 14.1. The number of para-hydroxylation sites is 1. The fourth-order valence-corrected chi connectivity index (χ4v) is 2.81. The maximum atomic E-state index is 12.4. The Morgan fingerprint density at radius 3 is 2.85 bits per heavy atom. The Balaban J connectivity index is 1.97. The first-order chi connectivity index (χ1) is 9.65. The van der Waals surface area contributed by atoms with E-state index in [1.807, 2.05) is 18.2 Å². The number of aromatic nitrogens is 1. The minimum absolute atomic E-state index is 0.000509. The number of carbonyl (C=O) groups excluding carboxylic acids is 1. The molecule has 0 radical (unpaired) electrons. The van der Waals surface area contributed by atoms with Gasteiger partial charge in [-0.05, 0) is 25.3 Å². The molecule has 4 N–H and O–H groups in total. The molecule has 1 aromatic carbocycles. The molecule has 3 rings (SSSR count). The molecule has 0 aliphatic heterocycles. The van der Waals surface area contributed by atoms with Crippen LogP contribution in [0.1, 0.15) is 29.6 Å². The van der Waals surface area contributed by atoms with E-state index in [0.717, 1.165) is 24.6 Å². The third kappa shape index (κ3) is 2.32. The van der Waals surface area contributed by atoms with Crippen LogP contribution in [0, 0.1) is 0 Å². The van der Waals surface area contributed by atoms with Crippen LogP contribution in [0.2, 0.25) is 0 Å². The molecule has 1 aromatic heterocycles. The van der Waals surface area contributed by atoms with Crippen LogP contribution in [-0.2, 0) is 0 Å². The van der Waals surface area contributed by atoms with Gasteiger partial charge in [-0.15, -0.1) is 0 Å². The quantitative estimate of drug-likeness (QED) is 0.765. The monoisotopic (exact) mass is 271 g/mol. The number of hydrogen-bond donors (Lipinski definition) is 3. The molecule has 5 nitrogen and oxygen atoms in total. The van der Waals surface area contributed by atoms with E-state index in [1.54, 1.807) is 6.07 Å². The molecule has 1 amide bonds. The molecule has 1 heterocycles. The number of amides is 1. The number of carbonyl (C=O) groups is 1. The zero-order valence-corrected chi connectivity index (χ0v) is 11.1. The topological polar surface area (TPSA) is 88.0 Å². The van der Waals surface area contributed by atoms with Gasteiger partial charge in [-0.25, -0.2) is 0 Å². The first-order valence-corrected chi connectivity index (χ1v) is 6.83. The molecular formula is C15H17N3O2. The Bertz CT molecular complexity index is 708. The highest BCUT2D eigenvalue weighted by atomic mass is 16.2. The molecule has 0 saturated heterocycles. The molecule has 20 heavy (non-hydrogen) atoms. The molecule has 1 aliphatic carbocycles. The Labute approximate surface area is 116 Å². The molecule has 0 spiro atoms. The molecule has 5 heteroatoms. The third-order valence-electron chi connectivity index (χ3n) is 3.88. The molecule has 104 valence electrons. The summed E-state index contributed by atoms with van der Waals surface area (Å²) < 4.78 is 0. The van der Waals surface area contributed by atoms with Gasteiger partial charge in [0, 0.05) is 29.1 Å². The Morgan fingerprint density at radius 1 is 1.30 bits per heavy atom. The minimum atomic E-state index is -0.274. The number of fused-ring (bicyclic) bond motifs is 1. The summed E-state index contributed by atoms with van der Waals surface area (Å²) in [5, 5.41) is 3.69. The Hall–Kier alpha value is -2.14. The van der Waals surface area contributed by atoms with Gasteiger partial charge in [0.15, 0.2) is 0 Å². The van der Waals surface area contributed by atoms with E-state index in [-0.39, 0.29) is 23.6 Å². The van der Waals surface area contributed by atoms with Gasteiger partial charge in [-0.2, -0.15) is 0 Å². The highest BCUT2D eigenvalue weighted by Gasteiger charge is 2.26. The molecule has 2 unspecified atom stereocenters. The zero-order valence-electron chi connectivity index (χ0n) is 11.1. The number of nitrogens with two attached hydrogens (primary N) is 1. The second-order valence-electron chi connectivity index (χ2n) is 5.27. The number of aromatic amines is 1. The summed E-state index contributed by atoms with van der Waals surface area (Å²) in [5.41, 5.74) is 6.77. The van der Waals surface area contributed by atoms with E-state index in [9.17, 15) is 9.59 Å². The van der Waals surface area contributed by atoms with Crippen molar-refractivity contribution in [2.75, 3.05) is 0 Å². The molecule has 2 aromatic rings. The van der Waals surface area contributed by atoms with Crippen molar-refractivity contribution in [3.63, 3.8) is 0 Å². The SMILES string of the molecule is NC1CCCC1NC(=O)c1cc(=O)[nH]c2ccccc12. The highest BCUT2D eigenvalue weighted by molar-refractivity contribution is 6.06. The average molecular weight is 271 g/mol. The standard InChI is InChI=1S/C15H17N3O2/c16-11-5-3-7-13(11)18-15(20)10-8-14(19)17-12-6-2-1-4-9(10)12/h1-2,4,6,8,11,13H,3,5,7,16H2,(H,17,19)(H,18,20). The van der Waals surface area contributed by atoms with Crippen molar-refractivity contribution in [2.24, 2.45) is 5.73 Å². The fraction of sp³-hybridized carbons (Fsp3) is 0.333. The van der Waals surface area contributed by atoms with E-state index in [1.165, 1.54) is 6.07 Å². The Kier molecular flexibility index (Phi) is 3.28. The van der Waals surface area contributed by atoms with Crippen molar-refractivity contribution in [2.45, 2.75) is 31.3 Å². The number of nitrogens with one attached hydrogen (secondary N) is 2. The van der Waals surface area contributed by atoms with Crippen molar-refractivity contribution in [1.29, 1.82) is 0 Å². The fourth-order valence-electron chi connectivity index (χ4n) is 2.81. The van der Waals surface area contributed by atoms with E-state index < -0.39 is 0 Å². The minimum Gasteiger partial charge on any atom is -0.348 e. The van der Waals surface area contributed by atoms with Crippen LogP contribution < -0.4 is 16.6 Å². The van der Waals surface area contributed by atoms with Gasteiger partial charge in [-0.3, -0.25) is 9.59 Å². The van der Waals surface area contributed by atoms with Crippen LogP contribution in [0.4, 0.5) is 0 Å².